The van der Waals surface area contributed by atoms with E-state index in [1.54, 1.807) is 16.6 Å². The van der Waals surface area contributed by atoms with E-state index in [9.17, 15) is 5.11 Å². The third kappa shape index (κ3) is 3.16. The number of benzene rings is 1. The fourth-order valence-corrected chi connectivity index (χ4v) is 2.87. The number of hydrogen-bond donors (Lipinski definition) is 2. The molecule has 1 saturated heterocycles. The Bertz CT molecular complexity index is 825. The van der Waals surface area contributed by atoms with E-state index in [4.69, 9.17) is 4.74 Å². The van der Waals surface area contributed by atoms with Gasteiger partial charge in [0.1, 0.15) is 11.6 Å². The molecular weight excluding hydrogens is 306 g/mol. The highest BCUT2D eigenvalue weighted by molar-refractivity contribution is 5.45. The van der Waals surface area contributed by atoms with E-state index in [0.717, 1.165) is 48.9 Å². The molecule has 7 heteroatoms. The van der Waals surface area contributed by atoms with Crippen LogP contribution >= 0.6 is 0 Å². The average molecular weight is 325 g/mol. The molecule has 2 aromatic heterocycles. The van der Waals surface area contributed by atoms with Gasteiger partial charge in [0.15, 0.2) is 11.5 Å². The second-order valence-corrected chi connectivity index (χ2v) is 5.98. The number of fused-ring (bicyclic) bond motifs is 1. The van der Waals surface area contributed by atoms with Crippen molar-refractivity contribution in [2.45, 2.75) is 25.3 Å². The molecule has 0 atom stereocenters. The Morgan fingerprint density at radius 2 is 1.88 bits per heavy atom. The highest BCUT2D eigenvalue weighted by Crippen LogP contribution is 2.16. The first-order valence-corrected chi connectivity index (χ1v) is 8.11. The van der Waals surface area contributed by atoms with Gasteiger partial charge in [-0.3, -0.25) is 0 Å². The first-order valence-electron chi connectivity index (χ1n) is 8.11. The molecule has 0 unspecified atom stereocenters. The van der Waals surface area contributed by atoms with Crippen molar-refractivity contribution in [2.75, 3.05) is 18.5 Å². The third-order valence-electron chi connectivity index (χ3n) is 4.20. The van der Waals surface area contributed by atoms with Crippen molar-refractivity contribution >= 4 is 11.5 Å². The van der Waals surface area contributed by atoms with Gasteiger partial charge in [-0.1, -0.05) is 12.1 Å². The minimum absolute atomic E-state index is 0.255. The first-order chi connectivity index (χ1) is 11.8. The number of aromatic nitrogens is 4. The standard InChI is InChI=1S/C17H19N5O2/c23-14-3-1-12(2-4-14)11-17-20-19-16-6-5-15(21-22(16)17)18-13-7-9-24-10-8-13/h1-6,13,23H,7-11H2,(H,18,21). The van der Waals surface area contributed by atoms with Gasteiger partial charge in [0, 0.05) is 25.7 Å². The Kier molecular flexibility index (Phi) is 4.00. The number of phenolic OH excluding ortho intramolecular Hbond substituents is 1. The Hall–Kier alpha value is -2.67. The summed E-state index contributed by atoms with van der Waals surface area (Å²) in [6.07, 6.45) is 2.58. The van der Waals surface area contributed by atoms with E-state index >= 15 is 0 Å². The van der Waals surface area contributed by atoms with Crippen LogP contribution in [0.2, 0.25) is 0 Å². The molecule has 4 rings (SSSR count). The summed E-state index contributed by atoms with van der Waals surface area (Å²) >= 11 is 0. The molecule has 0 saturated carbocycles. The van der Waals surface area contributed by atoms with Crippen LogP contribution in [0.3, 0.4) is 0 Å². The number of phenols is 1. The highest BCUT2D eigenvalue weighted by Gasteiger charge is 2.15. The predicted molar refractivity (Wildman–Crippen MR) is 89.2 cm³/mol. The average Bonchev–Trinajstić information content (AvgIpc) is 3.00. The Labute approximate surface area is 139 Å². The van der Waals surface area contributed by atoms with E-state index in [1.165, 1.54) is 0 Å². The van der Waals surface area contributed by atoms with Crippen LogP contribution < -0.4 is 5.32 Å². The quantitative estimate of drug-likeness (QED) is 0.763. The van der Waals surface area contributed by atoms with E-state index in [2.05, 4.69) is 20.6 Å². The van der Waals surface area contributed by atoms with Gasteiger partial charge in [-0.25, -0.2) is 0 Å². The summed E-state index contributed by atoms with van der Waals surface area (Å²) in [4.78, 5) is 0. The van der Waals surface area contributed by atoms with Crippen molar-refractivity contribution in [1.29, 1.82) is 0 Å². The van der Waals surface area contributed by atoms with Crippen LogP contribution in [0, 0.1) is 0 Å². The molecule has 24 heavy (non-hydrogen) atoms. The molecule has 1 aliphatic heterocycles. The van der Waals surface area contributed by atoms with Gasteiger partial charge < -0.3 is 15.2 Å². The van der Waals surface area contributed by atoms with Crippen molar-refractivity contribution in [2.24, 2.45) is 0 Å². The lowest BCUT2D eigenvalue weighted by atomic mass is 10.1. The topological polar surface area (TPSA) is 84.6 Å². The summed E-state index contributed by atoms with van der Waals surface area (Å²) in [5.41, 5.74) is 1.77. The van der Waals surface area contributed by atoms with Crippen LogP contribution in [0.4, 0.5) is 5.82 Å². The van der Waals surface area contributed by atoms with Gasteiger partial charge in [-0.15, -0.1) is 15.3 Å². The SMILES string of the molecule is Oc1ccc(Cc2nnc3ccc(NC4CCOCC4)nn23)cc1. The van der Waals surface area contributed by atoms with Gasteiger partial charge in [0.2, 0.25) is 0 Å². The van der Waals surface area contributed by atoms with E-state index in [1.807, 2.05) is 24.3 Å². The normalized spacial score (nSPS) is 15.7. The van der Waals surface area contributed by atoms with Crippen LogP contribution in [0.15, 0.2) is 36.4 Å². The second-order valence-electron chi connectivity index (χ2n) is 5.98. The zero-order chi connectivity index (χ0) is 16.4. The van der Waals surface area contributed by atoms with Crippen LogP contribution in [-0.2, 0) is 11.2 Å². The molecule has 2 N–H and O–H groups in total. The van der Waals surface area contributed by atoms with E-state index in [-0.39, 0.29) is 5.75 Å². The smallest absolute Gasteiger partial charge is 0.178 e. The van der Waals surface area contributed by atoms with Crippen molar-refractivity contribution in [3.05, 3.63) is 47.8 Å². The maximum Gasteiger partial charge on any atom is 0.178 e. The van der Waals surface area contributed by atoms with Gasteiger partial charge >= 0.3 is 0 Å². The molecule has 0 amide bonds. The molecule has 0 aliphatic carbocycles. The fourth-order valence-electron chi connectivity index (χ4n) is 2.87. The molecule has 124 valence electrons. The summed E-state index contributed by atoms with van der Waals surface area (Å²) in [5.74, 6) is 1.85. The van der Waals surface area contributed by atoms with Crippen LogP contribution in [0.1, 0.15) is 24.2 Å². The monoisotopic (exact) mass is 325 g/mol. The lowest BCUT2D eigenvalue weighted by molar-refractivity contribution is 0.0903. The van der Waals surface area contributed by atoms with Crippen molar-refractivity contribution in [3.8, 4) is 5.75 Å². The molecule has 3 heterocycles. The Morgan fingerprint density at radius 3 is 2.67 bits per heavy atom. The molecule has 7 nitrogen and oxygen atoms in total. The minimum atomic E-state index is 0.255. The molecule has 1 fully saturated rings. The molecule has 0 bridgehead atoms. The summed E-state index contributed by atoms with van der Waals surface area (Å²) in [6.45, 7) is 1.58. The number of anilines is 1. The van der Waals surface area contributed by atoms with Crippen molar-refractivity contribution in [1.82, 2.24) is 19.8 Å². The largest absolute Gasteiger partial charge is 0.508 e. The summed E-state index contributed by atoms with van der Waals surface area (Å²) in [5, 5.41) is 25.9. The van der Waals surface area contributed by atoms with Gasteiger partial charge in [-0.05, 0) is 42.7 Å². The summed E-state index contributed by atoms with van der Waals surface area (Å²) < 4.78 is 7.16. The lowest BCUT2D eigenvalue weighted by Gasteiger charge is -2.23. The lowest BCUT2D eigenvalue weighted by Crippen LogP contribution is -2.28. The summed E-state index contributed by atoms with van der Waals surface area (Å²) in [6, 6.07) is 11.3. The maximum atomic E-state index is 9.38. The van der Waals surface area contributed by atoms with Gasteiger partial charge in [0.25, 0.3) is 0 Å². The maximum absolute atomic E-state index is 9.38. The highest BCUT2D eigenvalue weighted by atomic mass is 16.5. The Balaban J connectivity index is 1.57. The molecule has 1 aromatic carbocycles. The van der Waals surface area contributed by atoms with Crippen LogP contribution in [0.25, 0.3) is 5.65 Å². The molecule has 3 aromatic rings. The molecular formula is C17H19N5O2. The first kappa shape index (κ1) is 14.9. The molecule has 0 radical (unpaired) electrons. The van der Waals surface area contributed by atoms with E-state index < -0.39 is 0 Å². The van der Waals surface area contributed by atoms with Crippen molar-refractivity contribution < 1.29 is 9.84 Å². The van der Waals surface area contributed by atoms with Crippen LogP contribution in [0.5, 0.6) is 5.75 Å². The number of ether oxygens (including phenoxy) is 1. The van der Waals surface area contributed by atoms with Gasteiger partial charge in [0.05, 0.1) is 0 Å². The number of nitrogens with zero attached hydrogens (tertiary/aromatic N) is 4. The van der Waals surface area contributed by atoms with E-state index in [0.29, 0.717) is 12.5 Å². The van der Waals surface area contributed by atoms with Crippen molar-refractivity contribution in [3.63, 3.8) is 0 Å². The number of nitrogens with one attached hydrogen (secondary N) is 1. The fraction of sp³-hybridized carbons (Fsp3) is 0.353. The van der Waals surface area contributed by atoms with Gasteiger partial charge in [-0.2, -0.15) is 4.52 Å². The number of hydrogen-bond acceptors (Lipinski definition) is 6. The molecule has 0 spiro atoms. The zero-order valence-electron chi connectivity index (χ0n) is 13.2. The number of rotatable bonds is 4. The Morgan fingerprint density at radius 1 is 1.08 bits per heavy atom. The third-order valence-corrected chi connectivity index (χ3v) is 4.20. The predicted octanol–water partition coefficient (Wildman–Crippen LogP) is 2.01. The zero-order valence-corrected chi connectivity index (χ0v) is 13.2. The molecule has 1 aliphatic rings. The van der Waals surface area contributed by atoms with Crippen LogP contribution in [-0.4, -0.2) is 44.2 Å². The number of aromatic hydroxyl groups is 1. The second kappa shape index (κ2) is 6.45. The summed E-state index contributed by atoms with van der Waals surface area (Å²) in [7, 11) is 0. The minimum Gasteiger partial charge on any atom is -0.508 e.